The van der Waals surface area contributed by atoms with E-state index >= 15 is 0 Å². The molecule has 0 aliphatic carbocycles. The molecule has 138 valence electrons. The van der Waals surface area contributed by atoms with Gasteiger partial charge in [0.1, 0.15) is 23.9 Å². The van der Waals surface area contributed by atoms with Crippen molar-refractivity contribution in [1.82, 2.24) is 5.43 Å². The molecule has 1 amide bonds. The number of amides is 1. The second kappa shape index (κ2) is 8.95. The summed E-state index contributed by atoms with van der Waals surface area (Å²) in [4.78, 5) is 12.5. The zero-order valence-corrected chi connectivity index (χ0v) is 15.3. The molecule has 1 N–H and O–H groups in total. The summed E-state index contributed by atoms with van der Waals surface area (Å²) < 4.78 is 24.0. The fourth-order valence-electron chi connectivity index (χ4n) is 2.31. The summed E-state index contributed by atoms with van der Waals surface area (Å²) in [6.45, 7) is 0.248. The van der Waals surface area contributed by atoms with E-state index in [0.717, 1.165) is 11.1 Å². The van der Waals surface area contributed by atoms with Crippen LogP contribution in [0, 0.1) is 5.82 Å². The molecule has 0 atom stereocenters. The van der Waals surface area contributed by atoms with Gasteiger partial charge in [-0.15, -0.1) is 11.3 Å². The maximum absolute atomic E-state index is 13.0. The Balaban J connectivity index is 1.66. The second-order valence-electron chi connectivity index (χ2n) is 5.49. The zero-order valence-electron chi connectivity index (χ0n) is 14.5. The van der Waals surface area contributed by atoms with E-state index in [1.54, 1.807) is 43.7 Å². The number of halogens is 1. The predicted molar refractivity (Wildman–Crippen MR) is 103 cm³/mol. The van der Waals surface area contributed by atoms with Crippen LogP contribution in [0.1, 0.15) is 20.8 Å². The van der Waals surface area contributed by atoms with Crippen LogP contribution >= 0.6 is 11.3 Å². The number of hydrogen-bond donors (Lipinski definition) is 1. The molecule has 0 saturated carbocycles. The molecule has 7 heteroatoms. The van der Waals surface area contributed by atoms with E-state index in [4.69, 9.17) is 9.47 Å². The van der Waals surface area contributed by atoms with Gasteiger partial charge in [-0.05, 0) is 59.5 Å². The van der Waals surface area contributed by atoms with Gasteiger partial charge in [-0.3, -0.25) is 4.79 Å². The van der Waals surface area contributed by atoms with Gasteiger partial charge in [0, 0.05) is 5.56 Å². The standard InChI is InChI=1S/C20H17FN2O3S/c1-25-18-9-4-14(12-22-23-20(24)19-3-2-10-27-19)11-15(18)13-26-17-7-5-16(21)6-8-17/h2-12H,13H2,1H3,(H,23,24). The van der Waals surface area contributed by atoms with Crippen LogP contribution in [0.3, 0.4) is 0 Å². The fourth-order valence-corrected chi connectivity index (χ4v) is 2.93. The van der Waals surface area contributed by atoms with Crippen LogP contribution in [0.25, 0.3) is 0 Å². The van der Waals surface area contributed by atoms with Crippen LogP contribution in [-0.4, -0.2) is 19.2 Å². The van der Waals surface area contributed by atoms with Gasteiger partial charge in [0.15, 0.2) is 0 Å². The number of carbonyl (C=O) groups is 1. The van der Waals surface area contributed by atoms with Gasteiger partial charge in [-0.1, -0.05) is 6.07 Å². The van der Waals surface area contributed by atoms with Crippen LogP contribution in [-0.2, 0) is 6.61 Å². The first kappa shape index (κ1) is 18.6. The normalized spacial score (nSPS) is 10.7. The molecule has 0 aliphatic heterocycles. The molecular weight excluding hydrogens is 367 g/mol. The molecule has 3 aromatic rings. The van der Waals surface area contributed by atoms with Crippen molar-refractivity contribution < 1.29 is 18.7 Å². The third-order valence-corrected chi connectivity index (χ3v) is 4.51. The number of nitrogens with one attached hydrogen (secondary N) is 1. The summed E-state index contributed by atoms with van der Waals surface area (Å²) in [5.74, 6) is 0.648. The van der Waals surface area contributed by atoms with Crippen molar-refractivity contribution in [2.75, 3.05) is 7.11 Å². The first-order valence-corrected chi connectivity index (χ1v) is 8.96. The Hall–Kier alpha value is -3.19. The third-order valence-electron chi connectivity index (χ3n) is 3.64. The Morgan fingerprint density at radius 1 is 1.22 bits per heavy atom. The summed E-state index contributed by atoms with van der Waals surface area (Å²) in [6, 6.07) is 14.8. The maximum Gasteiger partial charge on any atom is 0.281 e. The highest BCUT2D eigenvalue weighted by atomic mass is 32.1. The van der Waals surface area contributed by atoms with Crippen LogP contribution in [0.5, 0.6) is 11.5 Å². The predicted octanol–water partition coefficient (Wildman–Crippen LogP) is 4.24. The van der Waals surface area contributed by atoms with Gasteiger partial charge in [-0.25, -0.2) is 9.82 Å². The molecule has 0 radical (unpaired) electrons. The summed E-state index contributed by atoms with van der Waals surface area (Å²) in [5.41, 5.74) is 4.07. The first-order valence-electron chi connectivity index (χ1n) is 8.08. The topological polar surface area (TPSA) is 59.9 Å². The molecule has 0 unspecified atom stereocenters. The Morgan fingerprint density at radius 3 is 2.74 bits per heavy atom. The summed E-state index contributed by atoms with van der Waals surface area (Å²) in [5, 5.41) is 5.81. The summed E-state index contributed by atoms with van der Waals surface area (Å²) in [7, 11) is 1.58. The van der Waals surface area contributed by atoms with Crippen LogP contribution in [0.15, 0.2) is 65.1 Å². The van der Waals surface area contributed by atoms with E-state index in [1.807, 2.05) is 17.5 Å². The molecule has 1 heterocycles. The van der Waals surface area contributed by atoms with Gasteiger partial charge in [0.25, 0.3) is 5.91 Å². The molecule has 3 rings (SSSR count). The van der Waals surface area contributed by atoms with E-state index in [-0.39, 0.29) is 18.3 Å². The lowest BCUT2D eigenvalue weighted by Gasteiger charge is -2.11. The number of methoxy groups -OCH3 is 1. The van der Waals surface area contributed by atoms with E-state index in [9.17, 15) is 9.18 Å². The molecule has 2 aromatic carbocycles. The number of benzene rings is 2. The summed E-state index contributed by atoms with van der Waals surface area (Å²) >= 11 is 1.35. The lowest BCUT2D eigenvalue weighted by Crippen LogP contribution is -2.16. The largest absolute Gasteiger partial charge is 0.496 e. The van der Waals surface area contributed by atoms with Crippen LogP contribution < -0.4 is 14.9 Å². The van der Waals surface area contributed by atoms with Crippen molar-refractivity contribution in [1.29, 1.82) is 0 Å². The SMILES string of the molecule is COc1ccc(C=NNC(=O)c2cccs2)cc1COc1ccc(F)cc1. The lowest BCUT2D eigenvalue weighted by molar-refractivity contribution is 0.0959. The number of carbonyl (C=O) groups excluding carboxylic acids is 1. The minimum atomic E-state index is -0.317. The highest BCUT2D eigenvalue weighted by Crippen LogP contribution is 2.22. The number of hydrazone groups is 1. The van der Waals surface area contributed by atoms with Crippen molar-refractivity contribution in [3.63, 3.8) is 0 Å². The zero-order chi connectivity index (χ0) is 19.1. The molecule has 0 bridgehead atoms. The Morgan fingerprint density at radius 2 is 2.04 bits per heavy atom. The number of rotatable bonds is 7. The van der Waals surface area contributed by atoms with E-state index in [1.165, 1.54) is 23.5 Å². The van der Waals surface area contributed by atoms with Gasteiger partial charge in [-0.2, -0.15) is 5.10 Å². The van der Waals surface area contributed by atoms with E-state index in [0.29, 0.717) is 16.4 Å². The molecule has 1 aromatic heterocycles. The smallest absolute Gasteiger partial charge is 0.281 e. The minimum absolute atomic E-state index is 0.248. The Bertz CT molecular complexity index is 925. The van der Waals surface area contributed by atoms with Crippen molar-refractivity contribution in [2.24, 2.45) is 5.10 Å². The summed E-state index contributed by atoms with van der Waals surface area (Å²) in [6.07, 6.45) is 1.55. The monoisotopic (exact) mass is 384 g/mol. The number of thiophene rings is 1. The average molecular weight is 384 g/mol. The number of hydrogen-bond acceptors (Lipinski definition) is 5. The molecular formula is C20H17FN2O3S. The minimum Gasteiger partial charge on any atom is -0.496 e. The third kappa shape index (κ3) is 5.15. The molecule has 0 aliphatic rings. The first-order chi connectivity index (χ1) is 13.2. The van der Waals surface area contributed by atoms with Gasteiger partial charge in [0.2, 0.25) is 0 Å². The van der Waals surface area contributed by atoms with E-state index < -0.39 is 0 Å². The Labute approximate surface area is 160 Å². The quantitative estimate of drug-likeness (QED) is 0.490. The van der Waals surface area contributed by atoms with Gasteiger partial charge in [0.05, 0.1) is 18.2 Å². The number of nitrogens with zero attached hydrogens (tertiary/aromatic N) is 1. The van der Waals surface area contributed by atoms with E-state index in [2.05, 4.69) is 10.5 Å². The van der Waals surface area contributed by atoms with Crippen molar-refractivity contribution >= 4 is 23.5 Å². The highest BCUT2D eigenvalue weighted by molar-refractivity contribution is 7.12. The fraction of sp³-hybridized carbons (Fsp3) is 0.100. The van der Waals surface area contributed by atoms with Crippen molar-refractivity contribution in [3.8, 4) is 11.5 Å². The molecule has 5 nitrogen and oxygen atoms in total. The second-order valence-corrected chi connectivity index (χ2v) is 6.44. The molecule has 0 saturated heterocycles. The van der Waals surface area contributed by atoms with Crippen molar-refractivity contribution in [3.05, 3.63) is 81.8 Å². The molecule has 0 spiro atoms. The molecule has 0 fully saturated rings. The van der Waals surface area contributed by atoms with Crippen molar-refractivity contribution in [2.45, 2.75) is 6.61 Å². The Kier molecular flexibility index (Phi) is 6.17. The number of ether oxygens (including phenoxy) is 2. The van der Waals surface area contributed by atoms with Gasteiger partial charge >= 0.3 is 0 Å². The maximum atomic E-state index is 13.0. The molecule has 27 heavy (non-hydrogen) atoms. The van der Waals surface area contributed by atoms with Crippen LogP contribution in [0.4, 0.5) is 4.39 Å². The van der Waals surface area contributed by atoms with Gasteiger partial charge < -0.3 is 9.47 Å². The van der Waals surface area contributed by atoms with Crippen LogP contribution in [0.2, 0.25) is 0 Å². The highest BCUT2D eigenvalue weighted by Gasteiger charge is 2.07. The lowest BCUT2D eigenvalue weighted by atomic mass is 10.1. The average Bonchev–Trinajstić information content (AvgIpc) is 3.22.